The van der Waals surface area contributed by atoms with Crippen molar-refractivity contribution in [1.29, 1.82) is 0 Å². The fourth-order valence-corrected chi connectivity index (χ4v) is 4.82. The van der Waals surface area contributed by atoms with Crippen molar-refractivity contribution in [3.63, 3.8) is 0 Å². The number of hydrogen-bond acceptors (Lipinski definition) is 5. The van der Waals surface area contributed by atoms with Crippen LogP contribution in [-0.4, -0.2) is 49.5 Å². The number of thioether (sulfide) groups is 1. The topological polar surface area (TPSA) is 72.5 Å². The van der Waals surface area contributed by atoms with Gasteiger partial charge in [-0.3, -0.25) is 4.79 Å². The second-order valence-corrected chi connectivity index (χ2v) is 9.46. The predicted octanol–water partition coefficient (Wildman–Crippen LogP) is 1.80. The predicted molar refractivity (Wildman–Crippen MR) is 93.8 cm³/mol. The van der Waals surface area contributed by atoms with Gasteiger partial charge in [-0.05, 0) is 38.0 Å². The maximum Gasteiger partial charge on any atom is 0.233 e. The lowest BCUT2D eigenvalue weighted by molar-refractivity contribution is -0.120. The minimum absolute atomic E-state index is 0.0621. The molecule has 2 atom stereocenters. The van der Waals surface area contributed by atoms with Crippen molar-refractivity contribution in [3.05, 3.63) is 29.8 Å². The Morgan fingerprint density at radius 2 is 2.26 bits per heavy atom. The average Bonchev–Trinajstić information content (AvgIpc) is 2.82. The molecule has 0 unspecified atom stereocenters. The molecule has 0 aromatic heterocycles. The lowest BCUT2D eigenvalue weighted by Gasteiger charge is -2.15. The van der Waals surface area contributed by atoms with Crippen molar-refractivity contribution >= 4 is 27.5 Å². The van der Waals surface area contributed by atoms with Gasteiger partial charge in [0, 0.05) is 11.8 Å². The van der Waals surface area contributed by atoms with E-state index < -0.39 is 9.84 Å². The van der Waals surface area contributed by atoms with Gasteiger partial charge in [-0.2, -0.15) is 0 Å². The summed E-state index contributed by atoms with van der Waals surface area (Å²) < 4.78 is 28.4. The van der Waals surface area contributed by atoms with Crippen LogP contribution in [-0.2, 0) is 14.6 Å². The van der Waals surface area contributed by atoms with E-state index in [1.54, 1.807) is 0 Å². The molecule has 1 heterocycles. The largest absolute Gasteiger partial charge is 0.493 e. The molecule has 128 valence electrons. The van der Waals surface area contributed by atoms with Gasteiger partial charge in [-0.15, -0.1) is 11.8 Å². The number of ether oxygens (including phenoxy) is 1. The van der Waals surface area contributed by atoms with Crippen LogP contribution < -0.4 is 10.1 Å². The molecule has 1 saturated heterocycles. The summed E-state index contributed by atoms with van der Waals surface area (Å²) in [5, 5.41) is 2.60. The Morgan fingerprint density at radius 1 is 1.48 bits per heavy atom. The van der Waals surface area contributed by atoms with Gasteiger partial charge in [-0.1, -0.05) is 12.1 Å². The molecule has 1 N–H and O–H groups in total. The molecule has 7 heteroatoms. The van der Waals surface area contributed by atoms with Gasteiger partial charge in [-0.25, -0.2) is 8.42 Å². The van der Waals surface area contributed by atoms with Crippen LogP contribution in [0.25, 0.3) is 0 Å². The number of carbonyl (C=O) groups is 1. The Balaban J connectivity index is 1.66. The van der Waals surface area contributed by atoms with E-state index in [0.29, 0.717) is 18.8 Å². The van der Waals surface area contributed by atoms with Gasteiger partial charge in [0.1, 0.15) is 5.75 Å². The monoisotopic (exact) mass is 357 g/mol. The molecule has 0 bridgehead atoms. The van der Waals surface area contributed by atoms with Crippen molar-refractivity contribution < 1.29 is 17.9 Å². The van der Waals surface area contributed by atoms with Crippen LogP contribution in [0, 0.1) is 6.92 Å². The smallest absolute Gasteiger partial charge is 0.233 e. The maximum absolute atomic E-state index is 12.1. The SMILES string of the molecule is Cc1cccc(OCCS[C@@H](C)C(=O)N[C@H]2CCS(=O)(=O)C2)c1. The molecule has 0 radical (unpaired) electrons. The Morgan fingerprint density at radius 3 is 2.91 bits per heavy atom. The Kier molecular flexibility index (Phi) is 6.35. The highest BCUT2D eigenvalue weighted by atomic mass is 32.2. The first-order valence-electron chi connectivity index (χ1n) is 7.67. The molecular weight excluding hydrogens is 334 g/mol. The van der Waals surface area contributed by atoms with E-state index >= 15 is 0 Å². The van der Waals surface area contributed by atoms with Crippen LogP contribution in [0.2, 0.25) is 0 Å². The molecule has 5 nitrogen and oxygen atoms in total. The number of nitrogens with one attached hydrogen (secondary N) is 1. The minimum atomic E-state index is -2.96. The van der Waals surface area contributed by atoms with E-state index in [-0.39, 0.29) is 28.7 Å². The van der Waals surface area contributed by atoms with Gasteiger partial charge < -0.3 is 10.1 Å². The normalized spacial score (nSPS) is 20.9. The third kappa shape index (κ3) is 6.06. The molecule has 1 aliphatic heterocycles. The van der Waals surface area contributed by atoms with Crippen LogP contribution in [0.1, 0.15) is 18.9 Å². The van der Waals surface area contributed by atoms with E-state index in [1.807, 2.05) is 38.1 Å². The quantitative estimate of drug-likeness (QED) is 0.754. The van der Waals surface area contributed by atoms with Crippen molar-refractivity contribution in [3.8, 4) is 5.75 Å². The lowest BCUT2D eigenvalue weighted by Crippen LogP contribution is -2.40. The minimum Gasteiger partial charge on any atom is -0.493 e. The number of benzene rings is 1. The summed E-state index contributed by atoms with van der Waals surface area (Å²) in [4.78, 5) is 12.1. The standard InChI is InChI=1S/C16H23NO4S2/c1-12-4-3-5-15(10-12)21-7-8-22-13(2)16(18)17-14-6-9-23(19,20)11-14/h3-5,10,13-14H,6-9,11H2,1-2H3,(H,17,18)/t13-,14-/m0/s1. The zero-order valence-corrected chi connectivity index (χ0v) is 15.1. The van der Waals surface area contributed by atoms with Crippen LogP contribution in [0.5, 0.6) is 5.75 Å². The third-order valence-electron chi connectivity index (χ3n) is 3.66. The van der Waals surface area contributed by atoms with E-state index in [1.165, 1.54) is 11.8 Å². The molecule has 23 heavy (non-hydrogen) atoms. The molecule has 1 aromatic carbocycles. The first-order chi connectivity index (χ1) is 10.9. The van der Waals surface area contributed by atoms with E-state index in [9.17, 15) is 13.2 Å². The first kappa shape index (κ1) is 18.1. The van der Waals surface area contributed by atoms with Crippen LogP contribution in [0.15, 0.2) is 24.3 Å². The number of rotatable bonds is 7. The third-order valence-corrected chi connectivity index (χ3v) is 6.54. The zero-order valence-electron chi connectivity index (χ0n) is 13.4. The average molecular weight is 357 g/mol. The number of hydrogen-bond donors (Lipinski definition) is 1. The summed E-state index contributed by atoms with van der Waals surface area (Å²) in [5.41, 5.74) is 1.15. The molecule has 1 amide bonds. The van der Waals surface area contributed by atoms with E-state index in [2.05, 4.69) is 5.32 Å². The molecule has 2 rings (SSSR count). The molecule has 0 saturated carbocycles. The van der Waals surface area contributed by atoms with Gasteiger partial charge in [0.15, 0.2) is 9.84 Å². The lowest BCUT2D eigenvalue weighted by atomic mass is 10.2. The summed E-state index contributed by atoms with van der Waals surface area (Å²) in [6.07, 6.45) is 0.516. The number of amides is 1. The Hall–Kier alpha value is -1.21. The summed E-state index contributed by atoms with van der Waals surface area (Å²) in [5.74, 6) is 1.66. The van der Waals surface area contributed by atoms with Crippen molar-refractivity contribution in [2.24, 2.45) is 0 Å². The van der Waals surface area contributed by atoms with E-state index in [0.717, 1.165) is 11.3 Å². The fourth-order valence-electron chi connectivity index (χ4n) is 2.39. The van der Waals surface area contributed by atoms with Gasteiger partial charge in [0.25, 0.3) is 0 Å². The molecule has 1 fully saturated rings. The molecule has 0 spiro atoms. The number of carbonyl (C=O) groups excluding carboxylic acids is 1. The zero-order chi connectivity index (χ0) is 16.9. The number of sulfone groups is 1. The van der Waals surface area contributed by atoms with E-state index in [4.69, 9.17) is 4.74 Å². The second-order valence-electron chi connectivity index (χ2n) is 5.79. The highest BCUT2D eigenvalue weighted by Gasteiger charge is 2.29. The first-order valence-corrected chi connectivity index (χ1v) is 10.5. The molecule has 1 aromatic rings. The Labute approximate surface area is 142 Å². The van der Waals surface area contributed by atoms with Gasteiger partial charge in [0.2, 0.25) is 5.91 Å². The molecule has 1 aliphatic rings. The number of aryl methyl sites for hydroxylation is 1. The summed E-state index contributed by atoms with van der Waals surface area (Å²) in [6, 6.07) is 7.61. The summed E-state index contributed by atoms with van der Waals surface area (Å²) >= 11 is 1.50. The van der Waals surface area contributed by atoms with Crippen molar-refractivity contribution in [2.75, 3.05) is 23.9 Å². The van der Waals surface area contributed by atoms with Crippen LogP contribution >= 0.6 is 11.8 Å². The van der Waals surface area contributed by atoms with Crippen molar-refractivity contribution in [2.45, 2.75) is 31.6 Å². The summed E-state index contributed by atoms with van der Waals surface area (Å²) in [6.45, 7) is 4.37. The van der Waals surface area contributed by atoms with Crippen molar-refractivity contribution in [1.82, 2.24) is 5.32 Å². The van der Waals surface area contributed by atoms with Gasteiger partial charge >= 0.3 is 0 Å². The molecular formula is C16H23NO4S2. The second kappa shape index (κ2) is 8.06. The van der Waals surface area contributed by atoms with Gasteiger partial charge in [0.05, 0.1) is 23.4 Å². The Bertz CT molecular complexity index is 645. The van der Waals surface area contributed by atoms with Crippen LogP contribution in [0.4, 0.5) is 0 Å². The maximum atomic E-state index is 12.1. The fraction of sp³-hybridized carbons (Fsp3) is 0.562. The highest BCUT2D eigenvalue weighted by molar-refractivity contribution is 8.00. The highest BCUT2D eigenvalue weighted by Crippen LogP contribution is 2.16. The summed E-state index contributed by atoms with van der Waals surface area (Å²) in [7, 11) is -2.96. The molecule has 0 aliphatic carbocycles. The van der Waals surface area contributed by atoms with Crippen LogP contribution in [0.3, 0.4) is 0 Å².